The first-order valence-electron chi connectivity index (χ1n) is 9.43. The number of carbonyl (C=O) groups is 1. The van der Waals surface area contributed by atoms with Crippen LogP contribution < -0.4 is 19.5 Å². The predicted molar refractivity (Wildman–Crippen MR) is 105 cm³/mol. The molecule has 0 unspecified atom stereocenters. The van der Waals surface area contributed by atoms with Crippen molar-refractivity contribution in [3.05, 3.63) is 48.0 Å². The Hall–Kier alpha value is -2.97. The van der Waals surface area contributed by atoms with E-state index in [1.165, 1.54) is 0 Å². The molecule has 0 fully saturated rings. The Kier molecular flexibility index (Phi) is 7.15. The average Bonchev–Trinajstić information content (AvgIpc) is 3.19. The van der Waals surface area contributed by atoms with Gasteiger partial charge in [-0.3, -0.25) is 5.32 Å². The van der Waals surface area contributed by atoms with Crippen LogP contribution in [0.4, 0.5) is 10.5 Å². The molecule has 1 aliphatic rings. The van der Waals surface area contributed by atoms with Gasteiger partial charge in [-0.15, -0.1) is 0 Å². The molecule has 3 N–H and O–H groups in total. The first-order valence-corrected chi connectivity index (χ1v) is 9.43. The Labute approximate surface area is 169 Å². The minimum absolute atomic E-state index is 0.0372. The zero-order valence-electron chi connectivity index (χ0n) is 16.2. The zero-order valence-corrected chi connectivity index (χ0v) is 16.2. The van der Waals surface area contributed by atoms with E-state index < -0.39 is 12.2 Å². The van der Waals surface area contributed by atoms with Crippen LogP contribution in [0.3, 0.4) is 0 Å². The van der Waals surface area contributed by atoms with Gasteiger partial charge in [-0.1, -0.05) is 25.1 Å². The van der Waals surface area contributed by atoms with Crippen LogP contribution in [-0.4, -0.2) is 42.9 Å². The number of carbonyl (C=O) groups excluding carboxylic acids is 1. The molecule has 29 heavy (non-hydrogen) atoms. The Morgan fingerprint density at radius 2 is 1.93 bits per heavy atom. The number of para-hydroxylation sites is 1. The molecule has 156 valence electrons. The summed E-state index contributed by atoms with van der Waals surface area (Å²) >= 11 is 0. The summed E-state index contributed by atoms with van der Waals surface area (Å²) in [5, 5.41) is 21.1. The number of benzene rings is 2. The van der Waals surface area contributed by atoms with E-state index in [4.69, 9.17) is 24.1 Å². The maximum atomic E-state index is 12.6. The third-order valence-corrected chi connectivity index (χ3v) is 4.53. The number of ether oxygens (including phenoxy) is 4. The highest BCUT2D eigenvalue weighted by Gasteiger charge is 2.27. The van der Waals surface area contributed by atoms with Crippen LogP contribution in [0.25, 0.3) is 0 Å². The molecule has 0 spiro atoms. The van der Waals surface area contributed by atoms with Gasteiger partial charge in [0.1, 0.15) is 18.5 Å². The molecule has 1 amide bonds. The fraction of sp³-hybridized carbons (Fsp3) is 0.381. The summed E-state index contributed by atoms with van der Waals surface area (Å²) < 4.78 is 21.9. The summed E-state index contributed by atoms with van der Waals surface area (Å²) in [5.41, 5.74) is 1.18. The van der Waals surface area contributed by atoms with E-state index in [9.17, 15) is 9.90 Å². The number of fused-ring (bicyclic) bond motifs is 1. The first-order chi connectivity index (χ1) is 14.1. The van der Waals surface area contributed by atoms with E-state index in [2.05, 4.69) is 5.32 Å². The molecule has 3 rings (SSSR count). The predicted octanol–water partition coefficient (Wildman–Crippen LogP) is 3.09. The lowest BCUT2D eigenvalue weighted by molar-refractivity contribution is 0.0641. The van der Waals surface area contributed by atoms with Gasteiger partial charge in [0.2, 0.25) is 6.79 Å². The number of aliphatic hydroxyl groups excluding tert-OH is 2. The van der Waals surface area contributed by atoms with Gasteiger partial charge in [-0.25, -0.2) is 4.79 Å². The third kappa shape index (κ3) is 5.30. The largest absolute Gasteiger partial charge is 0.491 e. The summed E-state index contributed by atoms with van der Waals surface area (Å²) in [4.78, 5) is 12.6. The van der Waals surface area contributed by atoms with Crippen molar-refractivity contribution in [1.29, 1.82) is 0 Å². The molecule has 0 aliphatic carbocycles. The lowest BCUT2D eigenvalue weighted by Gasteiger charge is -2.26. The van der Waals surface area contributed by atoms with Crippen LogP contribution in [0.15, 0.2) is 42.5 Å². The zero-order chi connectivity index (χ0) is 20.6. The maximum absolute atomic E-state index is 12.6. The summed E-state index contributed by atoms with van der Waals surface area (Å²) in [6, 6.07) is 12.2. The highest BCUT2D eigenvalue weighted by atomic mass is 16.7. The quantitative estimate of drug-likeness (QED) is 0.591. The van der Waals surface area contributed by atoms with E-state index in [1.807, 2.05) is 13.0 Å². The number of amides is 1. The van der Waals surface area contributed by atoms with Crippen LogP contribution in [0, 0.1) is 5.92 Å². The third-order valence-electron chi connectivity index (χ3n) is 4.53. The van der Waals surface area contributed by atoms with E-state index in [-0.39, 0.29) is 32.5 Å². The second kappa shape index (κ2) is 9.99. The summed E-state index contributed by atoms with van der Waals surface area (Å²) in [6.45, 7) is 1.99. The molecular formula is C21H25NO7. The smallest absolute Gasteiger partial charge is 0.412 e. The average molecular weight is 403 g/mol. The monoisotopic (exact) mass is 403 g/mol. The van der Waals surface area contributed by atoms with Gasteiger partial charge in [0.05, 0.1) is 6.61 Å². The van der Waals surface area contributed by atoms with Crippen molar-refractivity contribution < 1.29 is 34.0 Å². The van der Waals surface area contributed by atoms with Crippen molar-refractivity contribution in [3.8, 4) is 17.2 Å². The molecule has 0 saturated heterocycles. The fourth-order valence-corrected chi connectivity index (χ4v) is 3.08. The van der Waals surface area contributed by atoms with Gasteiger partial charge in [-0.2, -0.15) is 0 Å². The fourth-order valence-electron chi connectivity index (χ4n) is 3.08. The molecule has 2 atom stereocenters. The van der Waals surface area contributed by atoms with E-state index >= 15 is 0 Å². The highest BCUT2D eigenvalue weighted by molar-refractivity contribution is 5.85. The first kappa shape index (κ1) is 20.8. The van der Waals surface area contributed by atoms with Crippen molar-refractivity contribution in [1.82, 2.24) is 0 Å². The molecule has 0 bridgehead atoms. The van der Waals surface area contributed by atoms with Crippen molar-refractivity contribution in [2.24, 2.45) is 5.92 Å². The van der Waals surface area contributed by atoms with Crippen LogP contribution in [0.5, 0.6) is 17.2 Å². The van der Waals surface area contributed by atoms with Crippen LogP contribution in [0.2, 0.25) is 0 Å². The lowest BCUT2D eigenvalue weighted by atomic mass is 9.94. The molecule has 1 heterocycles. The van der Waals surface area contributed by atoms with Crippen molar-refractivity contribution in [2.75, 3.05) is 31.9 Å². The molecule has 2 aromatic carbocycles. The van der Waals surface area contributed by atoms with Crippen molar-refractivity contribution >= 4 is 11.8 Å². The second-order valence-corrected chi connectivity index (χ2v) is 6.62. The number of nitrogens with one attached hydrogen (secondary N) is 1. The van der Waals surface area contributed by atoms with Crippen LogP contribution in [-0.2, 0) is 4.74 Å². The Balaban J connectivity index is 1.76. The Morgan fingerprint density at radius 1 is 1.14 bits per heavy atom. The van der Waals surface area contributed by atoms with Gasteiger partial charge in [-0.05, 0) is 30.5 Å². The van der Waals surface area contributed by atoms with Gasteiger partial charge in [0, 0.05) is 23.9 Å². The standard InChI is InChI=1S/C21H25NO7/c1-14(8-9-23)20(16-4-2-3-5-17(16)26-11-10-24)29-21(25)22-15-6-7-18-19(12-15)28-13-27-18/h2-7,12,14,20,23-24H,8-11,13H2,1H3,(H,22,25)/t14-,20-/m0/s1. The minimum atomic E-state index is -0.647. The molecule has 0 radical (unpaired) electrons. The number of rotatable bonds is 9. The molecule has 8 nitrogen and oxygen atoms in total. The molecule has 0 aromatic heterocycles. The molecule has 2 aromatic rings. The molecule has 8 heteroatoms. The summed E-state index contributed by atoms with van der Waals surface area (Å²) in [5.74, 6) is 1.53. The van der Waals surface area contributed by atoms with Crippen molar-refractivity contribution in [2.45, 2.75) is 19.4 Å². The van der Waals surface area contributed by atoms with Crippen molar-refractivity contribution in [3.63, 3.8) is 0 Å². The normalized spacial score (nSPS) is 14.2. The van der Waals surface area contributed by atoms with Crippen LogP contribution >= 0.6 is 0 Å². The van der Waals surface area contributed by atoms with Gasteiger partial charge in [0.15, 0.2) is 11.5 Å². The Bertz CT molecular complexity index is 826. The number of hydrogen-bond donors (Lipinski definition) is 3. The van der Waals surface area contributed by atoms with Gasteiger partial charge in [0.25, 0.3) is 0 Å². The molecule has 1 aliphatic heterocycles. The number of anilines is 1. The Morgan fingerprint density at radius 3 is 2.72 bits per heavy atom. The highest BCUT2D eigenvalue weighted by Crippen LogP contribution is 2.36. The van der Waals surface area contributed by atoms with Gasteiger partial charge >= 0.3 is 6.09 Å². The SMILES string of the molecule is C[C@@H](CCO)[C@H](OC(=O)Nc1ccc2c(c1)OCO2)c1ccccc1OCCO. The summed E-state index contributed by atoms with van der Waals surface area (Å²) in [7, 11) is 0. The van der Waals surface area contributed by atoms with E-state index in [0.717, 1.165) is 0 Å². The maximum Gasteiger partial charge on any atom is 0.412 e. The topological polar surface area (TPSA) is 106 Å². The minimum Gasteiger partial charge on any atom is -0.491 e. The number of hydrogen-bond acceptors (Lipinski definition) is 7. The summed E-state index contributed by atoms with van der Waals surface area (Å²) in [6.07, 6.45) is -0.849. The molecule has 0 saturated carbocycles. The lowest BCUT2D eigenvalue weighted by Crippen LogP contribution is -2.23. The van der Waals surface area contributed by atoms with E-state index in [1.54, 1.807) is 36.4 Å². The number of aliphatic hydroxyl groups is 2. The second-order valence-electron chi connectivity index (χ2n) is 6.62. The van der Waals surface area contributed by atoms with Gasteiger partial charge < -0.3 is 29.2 Å². The van der Waals surface area contributed by atoms with Crippen LogP contribution in [0.1, 0.15) is 25.0 Å². The van der Waals surface area contributed by atoms with E-state index in [0.29, 0.717) is 34.9 Å². The molecular weight excluding hydrogens is 378 g/mol.